The summed E-state index contributed by atoms with van der Waals surface area (Å²) in [6.45, 7) is 2.00. The van der Waals surface area contributed by atoms with E-state index in [1.165, 1.54) is 12.8 Å². The SMILES string of the molecule is Cc1cncc(C(O)CCC2CC2)c1. The Morgan fingerprint density at radius 1 is 1.50 bits per heavy atom. The third-order valence-electron chi connectivity index (χ3n) is 2.83. The summed E-state index contributed by atoms with van der Waals surface area (Å²) >= 11 is 0. The summed E-state index contributed by atoms with van der Waals surface area (Å²) in [4.78, 5) is 4.09. The van der Waals surface area contributed by atoms with Crippen LogP contribution in [-0.2, 0) is 0 Å². The fourth-order valence-corrected chi connectivity index (χ4v) is 1.73. The molecular formula is C12H17NO. The molecule has 0 bridgehead atoms. The van der Waals surface area contributed by atoms with E-state index >= 15 is 0 Å². The van der Waals surface area contributed by atoms with E-state index in [1.54, 1.807) is 6.20 Å². The van der Waals surface area contributed by atoms with Gasteiger partial charge in [0.2, 0.25) is 0 Å². The highest BCUT2D eigenvalue weighted by atomic mass is 16.3. The van der Waals surface area contributed by atoms with Crippen molar-refractivity contribution >= 4 is 0 Å². The Labute approximate surface area is 85.0 Å². The molecule has 0 amide bonds. The Balaban J connectivity index is 1.91. The van der Waals surface area contributed by atoms with Crippen molar-refractivity contribution in [2.24, 2.45) is 5.92 Å². The molecule has 2 rings (SSSR count). The van der Waals surface area contributed by atoms with Crippen molar-refractivity contribution in [1.29, 1.82) is 0 Å². The van der Waals surface area contributed by atoms with Crippen molar-refractivity contribution in [3.63, 3.8) is 0 Å². The molecule has 0 aliphatic heterocycles. The van der Waals surface area contributed by atoms with Crippen LogP contribution in [0.1, 0.15) is 42.9 Å². The van der Waals surface area contributed by atoms with Crippen LogP contribution in [0.15, 0.2) is 18.5 Å². The number of aromatic nitrogens is 1. The smallest absolute Gasteiger partial charge is 0.0805 e. The van der Waals surface area contributed by atoms with Crippen LogP contribution in [0.2, 0.25) is 0 Å². The van der Waals surface area contributed by atoms with Gasteiger partial charge in [0.05, 0.1) is 6.10 Å². The van der Waals surface area contributed by atoms with Gasteiger partial charge >= 0.3 is 0 Å². The minimum absolute atomic E-state index is 0.317. The molecular weight excluding hydrogens is 174 g/mol. The molecule has 0 radical (unpaired) electrons. The average Bonchev–Trinajstić information content (AvgIpc) is 2.97. The maximum atomic E-state index is 9.88. The fraction of sp³-hybridized carbons (Fsp3) is 0.583. The molecule has 0 saturated heterocycles. The highest BCUT2D eigenvalue weighted by Crippen LogP contribution is 2.35. The summed E-state index contributed by atoms with van der Waals surface area (Å²) in [6.07, 6.45) is 8.03. The Hall–Kier alpha value is -0.890. The van der Waals surface area contributed by atoms with Crippen LogP contribution < -0.4 is 0 Å². The summed E-state index contributed by atoms with van der Waals surface area (Å²) in [5, 5.41) is 9.88. The monoisotopic (exact) mass is 191 g/mol. The van der Waals surface area contributed by atoms with Gasteiger partial charge in [0.15, 0.2) is 0 Å². The summed E-state index contributed by atoms with van der Waals surface area (Å²) in [5.74, 6) is 0.891. The van der Waals surface area contributed by atoms with Gasteiger partial charge in [-0.3, -0.25) is 4.98 Å². The van der Waals surface area contributed by atoms with Crippen molar-refractivity contribution in [3.05, 3.63) is 29.6 Å². The number of rotatable bonds is 4. The Morgan fingerprint density at radius 2 is 2.29 bits per heavy atom. The fourth-order valence-electron chi connectivity index (χ4n) is 1.73. The van der Waals surface area contributed by atoms with E-state index in [4.69, 9.17) is 0 Å². The third-order valence-corrected chi connectivity index (χ3v) is 2.83. The molecule has 1 aromatic heterocycles. The molecule has 2 nitrogen and oxygen atoms in total. The van der Waals surface area contributed by atoms with E-state index in [0.29, 0.717) is 0 Å². The molecule has 0 aromatic carbocycles. The molecule has 2 heteroatoms. The maximum absolute atomic E-state index is 9.88. The molecule has 1 saturated carbocycles. The van der Waals surface area contributed by atoms with Crippen LogP contribution in [0, 0.1) is 12.8 Å². The summed E-state index contributed by atoms with van der Waals surface area (Å²) in [6, 6.07) is 2.02. The van der Waals surface area contributed by atoms with Gasteiger partial charge in [-0.25, -0.2) is 0 Å². The Kier molecular flexibility index (Phi) is 2.82. The maximum Gasteiger partial charge on any atom is 0.0805 e. The molecule has 1 atom stereocenters. The van der Waals surface area contributed by atoms with Crippen molar-refractivity contribution in [2.75, 3.05) is 0 Å². The van der Waals surface area contributed by atoms with Gasteiger partial charge in [-0.1, -0.05) is 18.9 Å². The van der Waals surface area contributed by atoms with Gasteiger partial charge in [-0.2, -0.15) is 0 Å². The first-order chi connectivity index (χ1) is 6.75. The number of aliphatic hydroxyl groups excluding tert-OH is 1. The second-order valence-corrected chi connectivity index (χ2v) is 4.33. The number of aryl methyl sites for hydroxylation is 1. The highest BCUT2D eigenvalue weighted by molar-refractivity contribution is 5.18. The van der Waals surface area contributed by atoms with E-state index in [0.717, 1.165) is 29.9 Å². The predicted molar refractivity (Wildman–Crippen MR) is 55.9 cm³/mol. The van der Waals surface area contributed by atoms with E-state index in [-0.39, 0.29) is 6.10 Å². The van der Waals surface area contributed by atoms with Crippen molar-refractivity contribution < 1.29 is 5.11 Å². The molecule has 1 heterocycles. The zero-order valence-electron chi connectivity index (χ0n) is 8.61. The molecule has 14 heavy (non-hydrogen) atoms. The van der Waals surface area contributed by atoms with Crippen LogP contribution in [0.3, 0.4) is 0 Å². The van der Waals surface area contributed by atoms with Crippen molar-refractivity contribution in [3.8, 4) is 0 Å². The third kappa shape index (κ3) is 2.55. The van der Waals surface area contributed by atoms with E-state index in [1.807, 2.05) is 19.2 Å². The topological polar surface area (TPSA) is 33.1 Å². The normalized spacial score (nSPS) is 18.1. The van der Waals surface area contributed by atoms with Gasteiger partial charge in [-0.15, -0.1) is 0 Å². The second kappa shape index (κ2) is 4.09. The van der Waals surface area contributed by atoms with Gasteiger partial charge < -0.3 is 5.11 Å². The molecule has 1 unspecified atom stereocenters. The minimum Gasteiger partial charge on any atom is -0.388 e. The molecule has 0 spiro atoms. The zero-order valence-corrected chi connectivity index (χ0v) is 8.61. The summed E-state index contributed by atoms with van der Waals surface area (Å²) in [5.41, 5.74) is 2.08. The van der Waals surface area contributed by atoms with Crippen LogP contribution in [0.25, 0.3) is 0 Å². The predicted octanol–water partition coefficient (Wildman–Crippen LogP) is 2.61. The lowest BCUT2D eigenvalue weighted by Crippen LogP contribution is -1.99. The van der Waals surface area contributed by atoms with Gasteiger partial charge in [0.1, 0.15) is 0 Å². The van der Waals surface area contributed by atoms with Crippen LogP contribution >= 0.6 is 0 Å². The number of hydrogen-bond acceptors (Lipinski definition) is 2. The van der Waals surface area contributed by atoms with Gasteiger partial charge in [0.25, 0.3) is 0 Å². The summed E-state index contributed by atoms with van der Waals surface area (Å²) < 4.78 is 0. The number of aliphatic hydroxyl groups is 1. The molecule has 1 aliphatic carbocycles. The molecule has 1 aromatic rings. The largest absolute Gasteiger partial charge is 0.388 e. The minimum atomic E-state index is -0.317. The standard InChI is InChI=1S/C12H17NO/c1-9-6-11(8-13-7-9)12(14)5-4-10-2-3-10/h6-8,10,12,14H,2-5H2,1H3. The quantitative estimate of drug-likeness (QED) is 0.793. The lowest BCUT2D eigenvalue weighted by molar-refractivity contribution is 0.162. The molecule has 1 aliphatic rings. The number of nitrogens with zero attached hydrogens (tertiary/aromatic N) is 1. The van der Waals surface area contributed by atoms with Crippen LogP contribution in [-0.4, -0.2) is 10.1 Å². The van der Waals surface area contributed by atoms with Crippen molar-refractivity contribution in [1.82, 2.24) is 4.98 Å². The highest BCUT2D eigenvalue weighted by Gasteiger charge is 2.22. The van der Waals surface area contributed by atoms with Gasteiger partial charge in [0, 0.05) is 12.4 Å². The lowest BCUT2D eigenvalue weighted by Gasteiger charge is -2.10. The first-order valence-corrected chi connectivity index (χ1v) is 5.35. The lowest BCUT2D eigenvalue weighted by atomic mass is 10.0. The van der Waals surface area contributed by atoms with Crippen molar-refractivity contribution in [2.45, 2.75) is 38.7 Å². The van der Waals surface area contributed by atoms with Crippen LogP contribution in [0.4, 0.5) is 0 Å². The van der Waals surface area contributed by atoms with Crippen LogP contribution in [0.5, 0.6) is 0 Å². The zero-order chi connectivity index (χ0) is 9.97. The first-order valence-electron chi connectivity index (χ1n) is 5.35. The molecule has 1 N–H and O–H groups in total. The summed E-state index contributed by atoms with van der Waals surface area (Å²) in [7, 11) is 0. The number of hydrogen-bond donors (Lipinski definition) is 1. The number of pyridine rings is 1. The Morgan fingerprint density at radius 3 is 2.93 bits per heavy atom. The molecule has 1 fully saturated rings. The van der Waals surface area contributed by atoms with E-state index in [2.05, 4.69) is 4.98 Å². The van der Waals surface area contributed by atoms with E-state index in [9.17, 15) is 5.11 Å². The first kappa shape index (κ1) is 9.66. The molecule has 76 valence electrons. The average molecular weight is 191 g/mol. The van der Waals surface area contributed by atoms with E-state index < -0.39 is 0 Å². The second-order valence-electron chi connectivity index (χ2n) is 4.33. The van der Waals surface area contributed by atoms with Gasteiger partial charge in [-0.05, 0) is 36.8 Å². The Bertz CT molecular complexity index is 307.